The van der Waals surface area contributed by atoms with Crippen molar-refractivity contribution in [2.45, 2.75) is 52.4 Å². The van der Waals surface area contributed by atoms with E-state index in [1.807, 2.05) is 0 Å². The van der Waals surface area contributed by atoms with Crippen molar-refractivity contribution in [3.05, 3.63) is 63.1 Å². The van der Waals surface area contributed by atoms with E-state index in [1.165, 1.54) is 18.2 Å². The largest absolute Gasteiger partial charge is 0.396 e. The standard InChI is InChI=1S/C17H14Cl2F2N2O.C7H15NO3.C5H12/c18-13-3-1-2-9(17(13)21)11-6-22-7-12(11)10-4-15(20)14(19)5-16(10)23-8-24;9-4-7(5-10)2-1-3-8-6-11;1-5(2,3)4/h1-5,8,11-12,22H,6-7H2,(H,23,24);6-7,9-10H,1-5H2,(H,8,11);1-4H3/t11-,12+;;/m1../s1. The first-order valence-electron chi connectivity index (χ1n) is 13.1. The van der Waals surface area contributed by atoms with E-state index in [4.69, 9.17) is 33.4 Å². The summed E-state index contributed by atoms with van der Waals surface area (Å²) in [6.45, 7) is 10.4. The summed E-state index contributed by atoms with van der Waals surface area (Å²) >= 11 is 11.7. The van der Waals surface area contributed by atoms with Crippen LogP contribution in [0.25, 0.3) is 0 Å². The highest BCUT2D eigenvalue weighted by molar-refractivity contribution is 6.31. The first-order chi connectivity index (χ1) is 18.9. The Morgan fingerprint density at radius 3 is 2.15 bits per heavy atom. The summed E-state index contributed by atoms with van der Waals surface area (Å²) < 4.78 is 28.4. The zero-order valence-corrected chi connectivity index (χ0v) is 25.0. The molecule has 40 heavy (non-hydrogen) atoms. The molecule has 1 heterocycles. The maximum atomic E-state index is 14.4. The van der Waals surface area contributed by atoms with Gasteiger partial charge in [-0.2, -0.15) is 0 Å². The van der Waals surface area contributed by atoms with Gasteiger partial charge in [0.1, 0.15) is 11.6 Å². The van der Waals surface area contributed by atoms with Crippen molar-refractivity contribution in [2.24, 2.45) is 11.3 Å². The monoisotopic (exact) mass is 603 g/mol. The molecule has 5 N–H and O–H groups in total. The van der Waals surface area contributed by atoms with Crippen LogP contribution in [0.3, 0.4) is 0 Å². The highest BCUT2D eigenvalue weighted by Gasteiger charge is 2.34. The van der Waals surface area contributed by atoms with Crippen LogP contribution in [0.15, 0.2) is 30.3 Å². The third kappa shape index (κ3) is 12.5. The van der Waals surface area contributed by atoms with Crippen molar-refractivity contribution in [1.82, 2.24) is 10.6 Å². The molecule has 2 aromatic carbocycles. The Morgan fingerprint density at radius 2 is 1.60 bits per heavy atom. The molecule has 0 radical (unpaired) electrons. The Labute approximate surface area is 245 Å². The van der Waals surface area contributed by atoms with Crippen molar-refractivity contribution in [3.63, 3.8) is 0 Å². The quantitative estimate of drug-likeness (QED) is 0.173. The number of halogens is 4. The van der Waals surface area contributed by atoms with E-state index in [0.717, 1.165) is 12.8 Å². The van der Waals surface area contributed by atoms with Gasteiger partial charge in [-0.05, 0) is 47.6 Å². The zero-order chi connectivity index (χ0) is 30.3. The molecule has 1 aliphatic heterocycles. The van der Waals surface area contributed by atoms with Crippen molar-refractivity contribution in [1.29, 1.82) is 0 Å². The van der Waals surface area contributed by atoms with E-state index in [2.05, 4.69) is 43.6 Å². The predicted octanol–water partition coefficient (Wildman–Crippen LogP) is 5.48. The summed E-state index contributed by atoms with van der Waals surface area (Å²) in [4.78, 5) is 20.6. The summed E-state index contributed by atoms with van der Waals surface area (Å²) in [5.74, 6) is -1.57. The molecule has 7 nitrogen and oxygen atoms in total. The second-order valence-electron chi connectivity index (χ2n) is 11.1. The number of carbonyl (C=O) groups is 2. The minimum absolute atomic E-state index is 0.0115. The number of hydrogen-bond donors (Lipinski definition) is 5. The van der Waals surface area contributed by atoms with Gasteiger partial charge in [-0.3, -0.25) is 9.59 Å². The van der Waals surface area contributed by atoms with Gasteiger partial charge in [-0.25, -0.2) is 8.78 Å². The van der Waals surface area contributed by atoms with Gasteiger partial charge < -0.3 is 26.2 Å². The molecule has 0 spiro atoms. The average Bonchev–Trinajstić information content (AvgIpc) is 3.37. The molecule has 0 aliphatic carbocycles. The smallest absolute Gasteiger partial charge is 0.211 e. The molecule has 1 saturated heterocycles. The van der Waals surface area contributed by atoms with E-state index >= 15 is 0 Å². The molecule has 0 aromatic heterocycles. The minimum Gasteiger partial charge on any atom is -0.396 e. The van der Waals surface area contributed by atoms with Crippen molar-refractivity contribution in [2.75, 3.05) is 38.2 Å². The summed E-state index contributed by atoms with van der Waals surface area (Å²) in [6, 6.07) is 7.50. The van der Waals surface area contributed by atoms with Gasteiger partial charge in [0, 0.05) is 56.3 Å². The molecule has 0 bridgehead atoms. The van der Waals surface area contributed by atoms with Gasteiger partial charge in [0.15, 0.2) is 0 Å². The Bertz CT molecular complexity index is 1060. The normalized spacial score (nSPS) is 16.4. The van der Waals surface area contributed by atoms with Gasteiger partial charge in [0.05, 0.1) is 10.0 Å². The van der Waals surface area contributed by atoms with E-state index in [-0.39, 0.29) is 41.0 Å². The first-order valence-corrected chi connectivity index (χ1v) is 13.9. The summed E-state index contributed by atoms with van der Waals surface area (Å²) in [7, 11) is 0. The molecule has 0 unspecified atom stereocenters. The third-order valence-electron chi connectivity index (χ3n) is 5.83. The lowest BCUT2D eigenvalue weighted by molar-refractivity contribution is -0.109. The van der Waals surface area contributed by atoms with Gasteiger partial charge in [0.25, 0.3) is 0 Å². The fraction of sp³-hybridized carbons (Fsp3) is 0.517. The Kier molecular flexibility index (Phi) is 16.3. The molecule has 1 fully saturated rings. The summed E-state index contributed by atoms with van der Waals surface area (Å²) in [6.07, 6.45) is 2.69. The van der Waals surface area contributed by atoms with Gasteiger partial charge in [-0.1, -0.05) is 63.0 Å². The maximum absolute atomic E-state index is 14.4. The number of nitrogens with one attached hydrogen (secondary N) is 3. The van der Waals surface area contributed by atoms with Gasteiger partial charge >= 0.3 is 0 Å². The van der Waals surface area contributed by atoms with Crippen LogP contribution in [0, 0.1) is 23.0 Å². The van der Waals surface area contributed by atoms with Crippen molar-refractivity contribution < 1.29 is 28.6 Å². The van der Waals surface area contributed by atoms with Crippen LogP contribution in [-0.4, -0.2) is 55.9 Å². The molecule has 11 heteroatoms. The summed E-state index contributed by atoms with van der Waals surface area (Å²) in [5, 5.41) is 25.5. The van der Waals surface area contributed by atoms with Gasteiger partial charge in [-0.15, -0.1) is 0 Å². The van der Waals surface area contributed by atoms with Crippen LogP contribution in [0.1, 0.15) is 63.5 Å². The van der Waals surface area contributed by atoms with Crippen LogP contribution in [0.2, 0.25) is 10.0 Å². The number of rotatable bonds is 11. The molecule has 2 aromatic rings. The predicted molar refractivity (Wildman–Crippen MR) is 157 cm³/mol. The SMILES string of the molecule is CC(C)(C)C.O=CNCCCC(CO)CO.O=CNc1cc(Cl)c(F)cc1[C@@H]1CNC[C@@H]1c1cccc(Cl)c1F. The molecule has 224 valence electrons. The second kappa shape index (κ2) is 18.2. The number of hydrogen-bond acceptors (Lipinski definition) is 5. The Balaban J connectivity index is 0.000000417. The molecular formula is C29H41Cl2F2N3O4. The number of benzene rings is 2. The second-order valence-corrected chi connectivity index (χ2v) is 11.9. The summed E-state index contributed by atoms with van der Waals surface area (Å²) in [5.41, 5.74) is 1.95. The fourth-order valence-corrected chi connectivity index (χ4v) is 4.33. The molecule has 3 rings (SSSR count). The third-order valence-corrected chi connectivity index (χ3v) is 6.42. The minimum atomic E-state index is -0.583. The van der Waals surface area contributed by atoms with Crippen LogP contribution in [0.5, 0.6) is 0 Å². The van der Waals surface area contributed by atoms with Crippen molar-refractivity contribution >= 4 is 41.7 Å². The highest BCUT2D eigenvalue weighted by atomic mass is 35.5. The molecule has 2 atom stereocenters. The Hall–Kier alpha value is -2.30. The zero-order valence-electron chi connectivity index (χ0n) is 23.4. The number of carbonyl (C=O) groups excluding carboxylic acids is 2. The maximum Gasteiger partial charge on any atom is 0.211 e. The lowest BCUT2D eigenvalue weighted by atomic mass is 9.83. The van der Waals surface area contributed by atoms with Crippen LogP contribution in [-0.2, 0) is 9.59 Å². The lowest BCUT2D eigenvalue weighted by Gasteiger charge is -2.23. The van der Waals surface area contributed by atoms with Crippen LogP contribution >= 0.6 is 23.2 Å². The van der Waals surface area contributed by atoms with Crippen LogP contribution < -0.4 is 16.0 Å². The highest BCUT2D eigenvalue weighted by Crippen LogP contribution is 2.42. The number of amides is 2. The fourth-order valence-electron chi connectivity index (χ4n) is 3.99. The number of aliphatic hydroxyl groups excluding tert-OH is 2. The average molecular weight is 605 g/mol. The topological polar surface area (TPSA) is 111 Å². The van der Waals surface area contributed by atoms with Gasteiger partial charge in [0.2, 0.25) is 12.8 Å². The Morgan fingerprint density at radius 1 is 1.00 bits per heavy atom. The molecule has 0 saturated carbocycles. The number of anilines is 1. The number of aliphatic hydroxyl groups is 2. The van der Waals surface area contributed by atoms with Crippen molar-refractivity contribution in [3.8, 4) is 0 Å². The van der Waals surface area contributed by atoms with E-state index in [0.29, 0.717) is 54.7 Å². The lowest BCUT2D eigenvalue weighted by Crippen LogP contribution is -2.16. The van der Waals surface area contributed by atoms with Crippen LogP contribution in [0.4, 0.5) is 14.5 Å². The van der Waals surface area contributed by atoms with E-state index in [1.54, 1.807) is 12.1 Å². The molecular weight excluding hydrogens is 563 g/mol. The van der Waals surface area contributed by atoms with E-state index in [9.17, 15) is 18.4 Å². The molecule has 1 aliphatic rings. The van der Waals surface area contributed by atoms with E-state index < -0.39 is 11.6 Å². The molecule has 2 amide bonds. The first kappa shape index (κ1) is 35.7.